The third-order valence-electron chi connectivity index (χ3n) is 5.30. The standard InChI is InChI=1S/C27H22N6O/c34-27(30-18-21-8-4-6-16-29-21)23-9-1-2-10-24(23)31-20-11-13-22-25(32-33-26(22)17-20)14-12-19-7-3-5-15-28-19/h1-17,31H,18H2,(H,30,34)(H,32,33)/b14-12+. The van der Waals surface area contributed by atoms with Crippen molar-refractivity contribution < 1.29 is 4.79 Å². The largest absolute Gasteiger partial charge is 0.355 e. The van der Waals surface area contributed by atoms with Crippen LogP contribution >= 0.6 is 0 Å². The summed E-state index contributed by atoms with van der Waals surface area (Å²) >= 11 is 0. The Labute approximate surface area is 196 Å². The third-order valence-corrected chi connectivity index (χ3v) is 5.30. The second kappa shape index (κ2) is 9.79. The zero-order valence-corrected chi connectivity index (χ0v) is 18.3. The second-order valence-electron chi connectivity index (χ2n) is 7.63. The molecule has 3 heterocycles. The Hall–Kier alpha value is -4.78. The highest BCUT2D eigenvalue weighted by molar-refractivity contribution is 6.00. The first-order chi connectivity index (χ1) is 16.8. The monoisotopic (exact) mass is 446 g/mol. The number of nitrogens with one attached hydrogen (secondary N) is 3. The highest BCUT2D eigenvalue weighted by Gasteiger charge is 2.12. The minimum absolute atomic E-state index is 0.168. The van der Waals surface area contributed by atoms with Crippen LogP contribution < -0.4 is 10.6 Å². The Kier molecular flexibility index (Phi) is 6.07. The molecule has 3 N–H and O–H groups in total. The van der Waals surface area contributed by atoms with E-state index in [4.69, 9.17) is 0 Å². The second-order valence-corrected chi connectivity index (χ2v) is 7.63. The third kappa shape index (κ3) is 4.83. The number of aromatic nitrogens is 4. The molecule has 0 fully saturated rings. The van der Waals surface area contributed by atoms with Gasteiger partial charge in [0.15, 0.2) is 0 Å². The number of carbonyl (C=O) groups is 1. The summed E-state index contributed by atoms with van der Waals surface area (Å²) in [6.07, 6.45) is 7.34. The molecule has 0 radical (unpaired) electrons. The smallest absolute Gasteiger partial charge is 0.253 e. The number of rotatable bonds is 7. The maximum atomic E-state index is 12.8. The number of pyridine rings is 2. The molecule has 0 unspecified atom stereocenters. The summed E-state index contributed by atoms with van der Waals surface area (Å²) in [5.74, 6) is -0.168. The molecule has 0 spiro atoms. The lowest BCUT2D eigenvalue weighted by molar-refractivity contribution is 0.0951. The summed E-state index contributed by atoms with van der Waals surface area (Å²) in [6.45, 7) is 0.364. The summed E-state index contributed by atoms with van der Waals surface area (Å²) in [7, 11) is 0. The van der Waals surface area contributed by atoms with Gasteiger partial charge in [0.05, 0.1) is 40.4 Å². The summed E-state index contributed by atoms with van der Waals surface area (Å²) in [4.78, 5) is 21.4. The van der Waals surface area contributed by atoms with Gasteiger partial charge in [-0.05, 0) is 66.7 Å². The van der Waals surface area contributed by atoms with Gasteiger partial charge in [0.2, 0.25) is 0 Å². The van der Waals surface area contributed by atoms with E-state index < -0.39 is 0 Å². The fourth-order valence-corrected chi connectivity index (χ4v) is 3.60. The normalized spacial score (nSPS) is 11.1. The van der Waals surface area contributed by atoms with Gasteiger partial charge in [0, 0.05) is 23.5 Å². The number of nitrogens with zero attached hydrogens (tertiary/aromatic N) is 3. The number of carbonyl (C=O) groups excluding carboxylic acids is 1. The molecular weight excluding hydrogens is 424 g/mol. The molecule has 1 amide bonds. The Morgan fingerprint density at radius 1 is 0.882 bits per heavy atom. The van der Waals surface area contributed by atoms with Crippen molar-refractivity contribution in [1.82, 2.24) is 25.5 Å². The maximum absolute atomic E-state index is 12.8. The molecule has 5 rings (SSSR count). The molecule has 166 valence electrons. The molecule has 0 aliphatic heterocycles. The van der Waals surface area contributed by atoms with E-state index in [9.17, 15) is 4.79 Å². The Morgan fingerprint density at radius 2 is 1.71 bits per heavy atom. The van der Waals surface area contributed by atoms with Crippen LogP contribution in [0.25, 0.3) is 23.1 Å². The molecule has 2 aromatic carbocycles. The molecule has 34 heavy (non-hydrogen) atoms. The van der Waals surface area contributed by atoms with Crippen LogP contribution in [-0.2, 0) is 6.54 Å². The van der Waals surface area contributed by atoms with E-state index in [1.165, 1.54) is 0 Å². The highest BCUT2D eigenvalue weighted by atomic mass is 16.1. The van der Waals surface area contributed by atoms with Gasteiger partial charge < -0.3 is 10.6 Å². The first-order valence-electron chi connectivity index (χ1n) is 10.9. The van der Waals surface area contributed by atoms with Crippen molar-refractivity contribution in [3.05, 3.63) is 114 Å². The minimum Gasteiger partial charge on any atom is -0.355 e. The lowest BCUT2D eigenvalue weighted by Crippen LogP contribution is -2.24. The SMILES string of the molecule is O=C(NCc1ccccn1)c1ccccc1Nc1ccc2c(/C=C/c3ccccn3)n[nH]c2c1. The fourth-order valence-electron chi connectivity index (χ4n) is 3.60. The first kappa shape index (κ1) is 21.1. The van der Waals surface area contributed by atoms with Crippen LogP contribution in [0.2, 0.25) is 0 Å². The Morgan fingerprint density at radius 3 is 2.53 bits per heavy atom. The topological polar surface area (TPSA) is 95.6 Å². The number of anilines is 2. The summed E-state index contributed by atoms with van der Waals surface area (Å²) < 4.78 is 0. The van der Waals surface area contributed by atoms with Gasteiger partial charge in [-0.3, -0.25) is 19.9 Å². The molecule has 0 bridgehead atoms. The average Bonchev–Trinajstić information content (AvgIpc) is 3.30. The molecule has 0 atom stereocenters. The van der Waals surface area contributed by atoms with E-state index in [1.807, 2.05) is 84.9 Å². The van der Waals surface area contributed by atoms with Crippen molar-refractivity contribution in [3.63, 3.8) is 0 Å². The minimum atomic E-state index is -0.168. The molecule has 0 aliphatic carbocycles. The van der Waals surface area contributed by atoms with Crippen LogP contribution in [-0.4, -0.2) is 26.1 Å². The summed E-state index contributed by atoms with van der Waals surface area (Å²) in [5, 5.41) is 14.8. The van der Waals surface area contributed by atoms with Crippen molar-refractivity contribution in [3.8, 4) is 0 Å². The number of hydrogen-bond acceptors (Lipinski definition) is 5. The van der Waals surface area contributed by atoms with Crippen molar-refractivity contribution in [2.24, 2.45) is 0 Å². The number of para-hydroxylation sites is 1. The molecule has 3 aromatic heterocycles. The van der Waals surface area contributed by atoms with Crippen LogP contribution in [0.5, 0.6) is 0 Å². The van der Waals surface area contributed by atoms with Crippen molar-refractivity contribution in [2.75, 3.05) is 5.32 Å². The van der Waals surface area contributed by atoms with Gasteiger partial charge in [-0.1, -0.05) is 24.3 Å². The fraction of sp³-hybridized carbons (Fsp3) is 0.0370. The maximum Gasteiger partial charge on any atom is 0.253 e. The van der Waals surface area contributed by atoms with E-state index >= 15 is 0 Å². The predicted octanol–water partition coefficient (Wildman–Crippen LogP) is 5.20. The zero-order chi connectivity index (χ0) is 23.2. The van der Waals surface area contributed by atoms with Gasteiger partial charge in [0.25, 0.3) is 5.91 Å². The van der Waals surface area contributed by atoms with Gasteiger partial charge >= 0.3 is 0 Å². The number of aromatic amines is 1. The number of hydrogen-bond donors (Lipinski definition) is 3. The van der Waals surface area contributed by atoms with E-state index in [2.05, 4.69) is 30.8 Å². The summed E-state index contributed by atoms with van der Waals surface area (Å²) in [5.41, 5.74) is 5.52. The quantitative estimate of drug-likeness (QED) is 0.319. The Balaban J connectivity index is 1.32. The van der Waals surface area contributed by atoms with E-state index in [0.717, 1.165) is 39.4 Å². The predicted molar refractivity (Wildman–Crippen MR) is 134 cm³/mol. The molecule has 0 saturated heterocycles. The van der Waals surface area contributed by atoms with Crippen molar-refractivity contribution in [2.45, 2.75) is 6.54 Å². The van der Waals surface area contributed by atoms with Crippen LogP contribution in [0.4, 0.5) is 11.4 Å². The van der Waals surface area contributed by atoms with Crippen molar-refractivity contribution >= 4 is 40.3 Å². The lowest BCUT2D eigenvalue weighted by atomic mass is 10.1. The van der Waals surface area contributed by atoms with E-state index in [-0.39, 0.29) is 5.91 Å². The van der Waals surface area contributed by atoms with Crippen LogP contribution in [0, 0.1) is 0 Å². The zero-order valence-electron chi connectivity index (χ0n) is 18.3. The Bertz CT molecular complexity index is 1440. The van der Waals surface area contributed by atoms with Crippen LogP contribution in [0.15, 0.2) is 91.3 Å². The van der Waals surface area contributed by atoms with E-state index in [0.29, 0.717) is 12.1 Å². The van der Waals surface area contributed by atoms with Crippen LogP contribution in [0.3, 0.4) is 0 Å². The van der Waals surface area contributed by atoms with E-state index in [1.54, 1.807) is 18.5 Å². The number of benzene rings is 2. The average molecular weight is 447 g/mol. The molecule has 7 heteroatoms. The molecule has 7 nitrogen and oxygen atoms in total. The van der Waals surface area contributed by atoms with Crippen LogP contribution in [0.1, 0.15) is 27.4 Å². The van der Waals surface area contributed by atoms with Gasteiger partial charge in [0.1, 0.15) is 0 Å². The highest BCUT2D eigenvalue weighted by Crippen LogP contribution is 2.26. The molecular formula is C27H22N6O. The van der Waals surface area contributed by atoms with Gasteiger partial charge in [-0.2, -0.15) is 5.10 Å². The number of amides is 1. The number of H-pyrrole nitrogens is 1. The van der Waals surface area contributed by atoms with Gasteiger partial charge in [-0.25, -0.2) is 0 Å². The summed E-state index contributed by atoms with van der Waals surface area (Å²) in [6, 6.07) is 24.8. The number of fused-ring (bicyclic) bond motifs is 1. The molecule has 0 aliphatic rings. The van der Waals surface area contributed by atoms with Crippen molar-refractivity contribution in [1.29, 1.82) is 0 Å². The van der Waals surface area contributed by atoms with Gasteiger partial charge in [-0.15, -0.1) is 0 Å². The lowest BCUT2D eigenvalue weighted by Gasteiger charge is -2.12. The molecule has 5 aromatic rings. The molecule has 0 saturated carbocycles. The first-order valence-corrected chi connectivity index (χ1v) is 10.9.